The predicted molar refractivity (Wildman–Crippen MR) is 119 cm³/mol. The number of carbonyl (C=O) groups is 2. The number of carbonyl (C=O) groups excluding carboxylic acids is 2. The van der Waals surface area contributed by atoms with E-state index in [1.54, 1.807) is 0 Å². The molecule has 1 heterocycles. The van der Waals surface area contributed by atoms with Gasteiger partial charge in [0.05, 0.1) is 32.5 Å². The number of nitrogens with zero attached hydrogens (tertiary/aromatic N) is 2. The van der Waals surface area contributed by atoms with Crippen LogP contribution in [0.2, 0.25) is 0 Å². The minimum Gasteiger partial charge on any atom is -0.274 e. The summed E-state index contributed by atoms with van der Waals surface area (Å²) in [7, 11) is 0. The van der Waals surface area contributed by atoms with Gasteiger partial charge in [0.25, 0.3) is 5.69 Å². The first-order valence-electron chi connectivity index (χ1n) is 9.33. The fourth-order valence-corrected chi connectivity index (χ4v) is 8.81. The van der Waals surface area contributed by atoms with Crippen molar-refractivity contribution < 1.29 is 14.5 Å². The molecule has 1 aromatic carbocycles. The van der Waals surface area contributed by atoms with E-state index in [1.807, 2.05) is 0 Å². The van der Waals surface area contributed by atoms with Crippen LogP contribution in [0.5, 0.6) is 0 Å². The lowest BCUT2D eigenvalue weighted by Crippen LogP contribution is -2.44. The molecule has 0 aromatic heterocycles. The first-order chi connectivity index (χ1) is 14.4. The van der Waals surface area contributed by atoms with E-state index in [0.717, 1.165) is 4.90 Å². The lowest BCUT2D eigenvalue weighted by atomic mass is 9.65. The molecule has 1 saturated heterocycles. The molecule has 2 bridgehead atoms. The highest BCUT2D eigenvalue weighted by Crippen LogP contribution is 2.79. The van der Waals surface area contributed by atoms with Crippen molar-refractivity contribution in [3.05, 3.63) is 44.4 Å². The molecule has 0 unspecified atom stereocenters. The number of rotatable bonds is 2. The summed E-state index contributed by atoms with van der Waals surface area (Å²) in [4.78, 5) is 34.9. The highest BCUT2D eigenvalue weighted by Gasteiger charge is 2.83. The van der Waals surface area contributed by atoms with Crippen molar-refractivity contribution in [2.24, 2.45) is 23.7 Å². The minimum absolute atomic E-state index is 0.0690. The van der Waals surface area contributed by atoms with Crippen molar-refractivity contribution in [2.75, 3.05) is 4.90 Å². The summed E-state index contributed by atoms with van der Waals surface area (Å²) in [5, 5.41) is 11.0. The zero-order valence-electron chi connectivity index (χ0n) is 15.3. The highest BCUT2D eigenvalue weighted by atomic mass is 35.5. The third-order valence-electron chi connectivity index (χ3n) is 7.15. The summed E-state index contributed by atoms with van der Waals surface area (Å²) < 4.78 is -1.71. The van der Waals surface area contributed by atoms with Gasteiger partial charge in [0.2, 0.25) is 11.8 Å². The number of hydrogen-bond acceptors (Lipinski definition) is 4. The van der Waals surface area contributed by atoms with E-state index in [-0.39, 0.29) is 34.3 Å². The van der Waals surface area contributed by atoms with Crippen LogP contribution in [0.1, 0.15) is 12.8 Å². The maximum atomic E-state index is 13.2. The molecule has 6 nitrogen and oxygen atoms in total. The number of imide groups is 1. The van der Waals surface area contributed by atoms with E-state index in [1.165, 1.54) is 24.3 Å². The summed E-state index contributed by atoms with van der Waals surface area (Å²) in [6.45, 7) is 0. The second kappa shape index (κ2) is 6.64. The molecule has 3 aliphatic carbocycles. The first-order valence-corrected chi connectivity index (χ1v) is 11.6. The first kappa shape index (κ1) is 22.1. The molecule has 31 heavy (non-hydrogen) atoms. The zero-order chi connectivity index (χ0) is 22.7. The summed E-state index contributed by atoms with van der Waals surface area (Å²) in [6, 6.07) is 5.24. The molecule has 164 valence electrons. The minimum atomic E-state index is -1.71. The van der Waals surface area contributed by atoms with Gasteiger partial charge in [0, 0.05) is 12.1 Å². The number of allylic oxidation sites excluding steroid dienone is 2. The Kier molecular flexibility index (Phi) is 4.73. The van der Waals surface area contributed by atoms with Crippen LogP contribution in [0.4, 0.5) is 11.4 Å². The molecular formula is C19H12Cl6N2O4. The van der Waals surface area contributed by atoms with Gasteiger partial charge >= 0.3 is 0 Å². The summed E-state index contributed by atoms with van der Waals surface area (Å²) in [5.74, 6) is -3.07. The van der Waals surface area contributed by atoms with Crippen LogP contribution in [0, 0.1) is 33.8 Å². The number of fused-ring (bicyclic) bond motifs is 6. The fourth-order valence-electron chi connectivity index (χ4n) is 5.70. The Balaban J connectivity index is 1.52. The van der Waals surface area contributed by atoms with E-state index >= 15 is 0 Å². The normalized spacial score (nSPS) is 40.4. The van der Waals surface area contributed by atoms with Crippen molar-refractivity contribution in [2.45, 2.75) is 26.9 Å². The lowest BCUT2D eigenvalue weighted by Gasteiger charge is -2.42. The second-order valence-electron chi connectivity index (χ2n) is 8.31. The second-order valence-corrected chi connectivity index (χ2v) is 11.6. The Hall–Kier alpha value is -0.760. The van der Waals surface area contributed by atoms with Crippen molar-refractivity contribution >= 4 is 92.8 Å². The van der Waals surface area contributed by atoms with Crippen LogP contribution >= 0.6 is 69.6 Å². The third-order valence-corrected chi connectivity index (χ3v) is 11.5. The molecule has 2 amide bonds. The number of anilines is 1. The summed E-state index contributed by atoms with van der Waals surface area (Å²) in [5.41, 5.74) is 0.123. The van der Waals surface area contributed by atoms with Crippen LogP contribution in [0.3, 0.4) is 0 Å². The van der Waals surface area contributed by atoms with Gasteiger partial charge in [-0.3, -0.25) is 24.6 Å². The molecule has 5 rings (SSSR count). The monoisotopic (exact) mass is 542 g/mol. The summed E-state index contributed by atoms with van der Waals surface area (Å²) in [6.07, 6.45) is 0.422. The smallest absolute Gasteiger partial charge is 0.269 e. The van der Waals surface area contributed by atoms with E-state index < -0.39 is 54.5 Å². The van der Waals surface area contributed by atoms with Gasteiger partial charge in [0.1, 0.15) is 9.75 Å². The number of hydrogen-bond donors (Lipinski definition) is 0. The lowest BCUT2D eigenvalue weighted by molar-refractivity contribution is -0.384. The Bertz CT molecular complexity index is 1040. The molecule has 12 heteroatoms. The Morgan fingerprint density at radius 2 is 1.29 bits per heavy atom. The van der Waals surface area contributed by atoms with E-state index in [4.69, 9.17) is 69.6 Å². The third kappa shape index (κ3) is 2.39. The van der Waals surface area contributed by atoms with Crippen LogP contribution in [0.15, 0.2) is 34.3 Å². The van der Waals surface area contributed by atoms with Crippen LogP contribution < -0.4 is 4.90 Å². The van der Waals surface area contributed by atoms with Crippen LogP contribution in [-0.4, -0.2) is 30.8 Å². The van der Waals surface area contributed by atoms with Gasteiger partial charge in [-0.2, -0.15) is 0 Å². The van der Waals surface area contributed by atoms with Gasteiger partial charge in [-0.1, -0.05) is 46.4 Å². The van der Waals surface area contributed by atoms with Gasteiger partial charge in [0.15, 0.2) is 4.33 Å². The summed E-state index contributed by atoms with van der Waals surface area (Å²) >= 11 is 39.8. The van der Waals surface area contributed by atoms with Crippen molar-refractivity contribution in [1.82, 2.24) is 0 Å². The number of alkyl halides is 4. The van der Waals surface area contributed by atoms with Gasteiger partial charge < -0.3 is 0 Å². The number of amides is 2. The van der Waals surface area contributed by atoms with E-state index in [9.17, 15) is 19.7 Å². The molecule has 3 fully saturated rings. The molecule has 6 atom stereocenters. The van der Waals surface area contributed by atoms with E-state index in [2.05, 4.69) is 0 Å². The molecule has 2 saturated carbocycles. The standard InChI is InChI=1S/C19H12Cl6N2O4/c20-13-14(21)18(23)12-6-10-9(5-11(12)17(13,22)19(18,24)25)15(28)26(16(10)29)7-1-3-8(4-2-7)27(30)31/h1-4,9-12H,5-6H2/t9-,10+,11-,12+,17-,18-/m1/s1. The molecular weight excluding hydrogens is 533 g/mol. The topological polar surface area (TPSA) is 80.5 Å². The number of non-ortho nitro benzene ring substituents is 1. The highest BCUT2D eigenvalue weighted by molar-refractivity contribution is 6.65. The van der Waals surface area contributed by atoms with Crippen molar-refractivity contribution in [1.29, 1.82) is 0 Å². The fraction of sp³-hybridized carbons (Fsp3) is 0.474. The Labute approximate surface area is 206 Å². The maximum absolute atomic E-state index is 13.2. The molecule has 4 aliphatic rings. The average Bonchev–Trinajstić information content (AvgIpc) is 3.10. The molecule has 1 aromatic rings. The maximum Gasteiger partial charge on any atom is 0.269 e. The SMILES string of the molecule is O=C1[C@H]2C[C@H]3[C@@H](C[C@H]2C(=O)N1c1ccc([N+](=O)[O-])cc1)[C@@]1(Cl)C(Cl)=C(Cl)[C@@]3(Cl)C1(Cl)Cl. The predicted octanol–water partition coefficient (Wildman–Crippen LogP) is 5.57. The quantitative estimate of drug-likeness (QED) is 0.211. The Morgan fingerprint density at radius 1 is 0.871 bits per heavy atom. The molecule has 1 aliphatic heterocycles. The van der Waals surface area contributed by atoms with Gasteiger partial charge in [-0.05, 0) is 36.8 Å². The largest absolute Gasteiger partial charge is 0.274 e. The number of halogens is 6. The van der Waals surface area contributed by atoms with E-state index in [0.29, 0.717) is 0 Å². The number of nitro groups is 1. The number of nitro benzene ring substituents is 1. The van der Waals surface area contributed by atoms with Crippen LogP contribution in [0.25, 0.3) is 0 Å². The Morgan fingerprint density at radius 3 is 1.68 bits per heavy atom. The van der Waals surface area contributed by atoms with Gasteiger partial charge in [-0.15, -0.1) is 23.2 Å². The molecule has 0 radical (unpaired) electrons. The van der Waals surface area contributed by atoms with Crippen molar-refractivity contribution in [3.8, 4) is 0 Å². The van der Waals surface area contributed by atoms with Crippen LogP contribution in [-0.2, 0) is 9.59 Å². The number of benzene rings is 1. The molecule has 0 N–H and O–H groups in total. The molecule has 0 spiro atoms. The van der Waals surface area contributed by atoms with Crippen molar-refractivity contribution in [3.63, 3.8) is 0 Å². The zero-order valence-corrected chi connectivity index (χ0v) is 19.9. The van der Waals surface area contributed by atoms with Gasteiger partial charge in [-0.25, -0.2) is 0 Å². The average molecular weight is 545 g/mol.